The van der Waals surface area contributed by atoms with Crippen molar-refractivity contribution in [2.24, 2.45) is 0 Å². The van der Waals surface area contributed by atoms with Gasteiger partial charge in [-0.05, 0) is 50.6 Å². The number of thioether (sulfide) groups is 1. The molecule has 2 aromatic heterocycles. The number of nitrogens with one attached hydrogen (secondary N) is 1. The lowest BCUT2D eigenvalue weighted by molar-refractivity contribution is -0.120. The topological polar surface area (TPSA) is 72.2 Å². The van der Waals surface area contributed by atoms with E-state index < -0.39 is 5.25 Å². The van der Waals surface area contributed by atoms with E-state index in [1.54, 1.807) is 16.6 Å². The molecule has 0 bridgehead atoms. The first-order valence-electron chi connectivity index (χ1n) is 9.27. The first-order valence-corrected chi connectivity index (χ1v) is 10.1. The Morgan fingerprint density at radius 2 is 1.83 bits per heavy atom. The number of benzene rings is 2. The molecular weight excluding hydrogens is 389 g/mol. The number of amides is 1. The number of hydrogen-bond donors (Lipinski definition) is 1. The van der Waals surface area contributed by atoms with Gasteiger partial charge in [0.15, 0.2) is 10.8 Å². The zero-order valence-electron chi connectivity index (χ0n) is 16.3. The third kappa shape index (κ3) is 3.93. The van der Waals surface area contributed by atoms with E-state index in [9.17, 15) is 9.18 Å². The van der Waals surface area contributed by atoms with Crippen molar-refractivity contribution in [1.29, 1.82) is 0 Å². The van der Waals surface area contributed by atoms with Gasteiger partial charge < -0.3 is 5.32 Å². The Morgan fingerprint density at radius 3 is 2.59 bits per heavy atom. The highest BCUT2D eigenvalue weighted by atomic mass is 32.2. The van der Waals surface area contributed by atoms with Crippen LogP contribution in [0.25, 0.3) is 16.6 Å². The van der Waals surface area contributed by atoms with E-state index in [0.29, 0.717) is 11.0 Å². The molecule has 4 aromatic rings. The minimum absolute atomic E-state index is 0.133. The maximum atomic E-state index is 13.1. The number of rotatable bonds is 5. The Hall–Kier alpha value is -3.00. The average Bonchev–Trinajstić information content (AvgIpc) is 3.10. The molecular formula is C21H20FN5OS. The maximum Gasteiger partial charge on any atom is 0.233 e. The summed E-state index contributed by atoms with van der Waals surface area (Å²) in [5.74, 6) is 0.213. The molecule has 8 heteroatoms. The van der Waals surface area contributed by atoms with Gasteiger partial charge in [-0.1, -0.05) is 36.0 Å². The monoisotopic (exact) mass is 409 g/mol. The van der Waals surface area contributed by atoms with Crippen molar-refractivity contribution >= 4 is 34.2 Å². The van der Waals surface area contributed by atoms with Gasteiger partial charge in [-0.25, -0.2) is 14.4 Å². The zero-order chi connectivity index (χ0) is 20.5. The predicted molar refractivity (Wildman–Crippen MR) is 111 cm³/mol. The summed E-state index contributed by atoms with van der Waals surface area (Å²) in [6, 6.07) is 13.6. The normalized spacial score (nSPS) is 13.5. The summed E-state index contributed by atoms with van der Waals surface area (Å²) in [4.78, 5) is 21.9. The minimum atomic E-state index is -0.403. The molecule has 0 radical (unpaired) electrons. The van der Waals surface area contributed by atoms with E-state index in [0.717, 1.165) is 22.1 Å². The maximum absolute atomic E-state index is 13.1. The van der Waals surface area contributed by atoms with Crippen LogP contribution in [0, 0.1) is 12.7 Å². The van der Waals surface area contributed by atoms with Crippen molar-refractivity contribution in [3.8, 4) is 0 Å². The second-order valence-electron chi connectivity index (χ2n) is 6.85. The van der Waals surface area contributed by atoms with Crippen LogP contribution >= 0.6 is 11.8 Å². The molecule has 0 aliphatic heterocycles. The molecule has 6 nitrogen and oxygen atoms in total. The van der Waals surface area contributed by atoms with Crippen molar-refractivity contribution in [2.45, 2.75) is 37.2 Å². The van der Waals surface area contributed by atoms with Crippen molar-refractivity contribution in [1.82, 2.24) is 24.9 Å². The summed E-state index contributed by atoms with van der Waals surface area (Å²) < 4.78 is 14.8. The zero-order valence-corrected chi connectivity index (χ0v) is 17.1. The molecule has 1 amide bonds. The average molecular weight is 409 g/mol. The molecule has 0 spiro atoms. The number of para-hydroxylation sites is 1. The van der Waals surface area contributed by atoms with Gasteiger partial charge in [0.25, 0.3) is 0 Å². The molecule has 2 atom stereocenters. The number of halogens is 1. The third-order valence-electron chi connectivity index (χ3n) is 4.64. The highest BCUT2D eigenvalue weighted by Crippen LogP contribution is 2.27. The standard InChI is InChI=1S/C21H20FN5OS/c1-12(15-8-10-16(22)11-9-15)23-20(28)13(2)29-21-25-18-7-5-4-6-17(18)19-24-14(3)26-27(19)21/h4-13H,1-3H3,(H,23,28). The second kappa shape index (κ2) is 7.79. The molecule has 0 saturated heterocycles. The van der Waals surface area contributed by atoms with Crippen LogP contribution in [-0.2, 0) is 4.79 Å². The van der Waals surface area contributed by atoms with E-state index in [2.05, 4.69) is 20.4 Å². The first-order chi connectivity index (χ1) is 13.9. The Kier molecular flexibility index (Phi) is 5.19. The van der Waals surface area contributed by atoms with Crippen molar-refractivity contribution in [3.63, 3.8) is 0 Å². The smallest absolute Gasteiger partial charge is 0.233 e. The molecule has 29 heavy (non-hydrogen) atoms. The lowest BCUT2D eigenvalue weighted by atomic mass is 10.1. The van der Waals surface area contributed by atoms with Gasteiger partial charge in [0, 0.05) is 5.39 Å². The second-order valence-corrected chi connectivity index (χ2v) is 8.16. The Labute approximate surface area is 171 Å². The first kappa shape index (κ1) is 19.3. The van der Waals surface area contributed by atoms with E-state index in [-0.39, 0.29) is 17.8 Å². The lowest BCUT2D eigenvalue weighted by Gasteiger charge is -2.18. The van der Waals surface area contributed by atoms with Crippen molar-refractivity contribution in [2.75, 3.05) is 0 Å². The highest BCUT2D eigenvalue weighted by molar-refractivity contribution is 8.00. The number of aryl methyl sites for hydroxylation is 1. The number of aromatic nitrogens is 4. The molecule has 0 aliphatic carbocycles. The number of carbonyl (C=O) groups excluding carboxylic acids is 1. The van der Waals surface area contributed by atoms with Crippen LogP contribution in [0.3, 0.4) is 0 Å². The third-order valence-corrected chi connectivity index (χ3v) is 5.68. The van der Waals surface area contributed by atoms with Gasteiger partial charge in [0.2, 0.25) is 5.91 Å². The van der Waals surface area contributed by atoms with Crippen LogP contribution in [0.15, 0.2) is 53.7 Å². The van der Waals surface area contributed by atoms with E-state index in [4.69, 9.17) is 0 Å². The number of carbonyl (C=O) groups is 1. The Morgan fingerprint density at radius 1 is 1.10 bits per heavy atom. The molecule has 2 unspecified atom stereocenters. The lowest BCUT2D eigenvalue weighted by Crippen LogP contribution is -2.33. The fourth-order valence-corrected chi connectivity index (χ4v) is 3.96. The SMILES string of the molecule is Cc1nc2c3ccccc3nc(SC(C)C(=O)NC(C)c3ccc(F)cc3)n2n1. The van der Waals surface area contributed by atoms with Gasteiger partial charge in [-0.2, -0.15) is 4.52 Å². The number of nitrogens with zero attached hydrogens (tertiary/aromatic N) is 4. The molecule has 4 rings (SSSR count). The van der Waals surface area contributed by atoms with Crippen molar-refractivity contribution in [3.05, 3.63) is 65.7 Å². The molecule has 0 saturated carbocycles. The summed E-state index contributed by atoms with van der Waals surface area (Å²) in [6.07, 6.45) is 0. The van der Waals surface area contributed by atoms with Crippen LogP contribution in [-0.4, -0.2) is 30.7 Å². The largest absolute Gasteiger partial charge is 0.349 e. The minimum Gasteiger partial charge on any atom is -0.349 e. The van der Waals surface area contributed by atoms with E-state index in [1.165, 1.54) is 23.9 Å². The molecule has 148 valence electrons. The summed E-state index contributed by atoms with van der Waals surface area (Å²) in [6.45, 7) is 5.52. The Bertz CT molecular complexity index is 1190. The number of fused-ring (bicyclic) bond motifs is 3. The van der Waals surface area contributed by atoms with E-state index >= 15 is 0 Å². The van der Waals surface area contributed by atoms with Crippen LogP contribution in [0.2, 0.25) is 0 Å². The van der Waals surface area contributed by atoms with Crippen LogP contribution in [0.1, 0.15) is 31.3 Å². The summed E-state index contributed by atoms with van der Waals surface area (Å²) >= 11 is 1.33. The quantitative estimate of drug-likeness (QED) is 0.397. The van der Waals surface area contributed by atoms with Crippen LogP contribution in [0.5, 0.6) is 0 Å². The fraction of sp³-hybridized carbons (Fsp3) is 0.238. The molecule has 2 aromatic carbocycles. The Balaban J connectivity index is 1.57. The van der Waals surface area contributed by atoms with Gasteiger partial charge in [0.05, 0.1) is 16.8 Å². The number of hydrogen-bond acceptors (Lipinski definition) is 5. The molecule has 0 aliphatic rings. The molecule has 1 N–H and O–H groups in total. The van der Waals surface area contributed by atoms with Gasteiger partial charge >= 0.3 is 0 Å². The van der Waals surface area contributed by atoms with Crippen molar-refractivity contribution < 1.29 is 9.18 Å². The van der Waals surface area contributed by atoms with Crippen LogP contribution in [0.4, 0.5) is 4.39 Å². The predicted octanol–water partition coefficient (Wildman–Crippen LogP) is 4.08. The fourth-order valence-electron chi connectivity index (χ4n) is 3.09. The summed E-state index contributed by atoms with van der Waals surface area (Å²) in [5, 5.41) is 8.54. The molecule has 2 heterocycles. The van der Waals surface area contributed by atoms with Gasteiger partial charge in [-0.15, -0.1) is 5.10 Å². The summed E-state index contributed by atoms with van der Waals surface area (Å²) in [7, 11) is 0. The van der Waals surface area contributed by atoms with Crippen LogP contribution < -0.4 is 5.32 Å². The summed E-state index contributed by atoms with van der Waals surface area (Å²) in [5.41, 5.74) is 2.38. The highest BCUT2D eigenvalue weighted by Gasteiger charge is 2.21. The van der Waals surface area contributed by atoms with Gasteiger partial charge in [0.1, 0.15) is 11.6 Å². The van der Waals surface area contributed by atoms with Gasteiger partial charge in [-0.3, -0.25) is 4.79 Å². The van der Waals surface area contributed by atoms with E-state index in [1.807, 2.05) is 45.0 Å². The molecule has 0 fully saturated rings.